The second-order valence-corrected chi connectivity index (χ2v) is 6.44. The van der Waals surface area contributed by atoms with Crippen LogP contribution in [0, 0.1) is 0 Å². The Morgan fingerprint density at radius 3 is 2.83 bits per heavy atom. The first-order valence-corrected chi connectivity index (χ1v) is 7.07. The van der Waals surface area contributed by atoms with Crippen molar-refractivity contribution in [2.75, 3.05) is 26.0 Å². The first-order valence-electron chi connectivity index (χ1n) is 6.08. The summed E-state index contributed by atoms with van der Waals surface area (Å²) in [5.41, 5.74) is 0.728. The Labute approximate surface area is 111 Å². The number of hydrogen-bond donors (Lipinski definition) is 0. The Hall–Kier alpha value is -1.07. The van der Waals surface area contributed by atoms with Crippen molar-refractivity contribution in [2.24, 2.45) is 0 Å². The molecule has 3 rings (SSSR count). The summed E-state index contributed by atoms with van der Waals surface area (Å²) >= 11 is 1.95. The predicted molar refractivity (Wildman–Crippen MR) is 70.7 cm³/mol. The van der Waals surface area contributed by atoms with Gasteiger partial charge in [0.1, 0.15) is 0 Å². The molecule has 0 N–H and O–H groups in total. The number of ether oxygens (including phenoxy) is 1. The van der Waals surface area contributed by atoms with E-state index in [-0.39, 0.29) is 10.7 Å². The van der Waals surface area contributed by atoms with Gasteiger partial charge in [-0.1, -0.05) is 0 Å². The van der Waals surface area contributed by atoms with Crippen LogP contribution in [-0.4, -0.2) is 52.6 Å². The lowest BCUT2D eigenvalue weighted by molar-refractivity contribution is 0.0451. The molecule has 0 bridgehead atoms. The minimum atomic E-state index is 0.115. The largest absolute Gasteiger partial charge is 0.381 e. The van der Waals surface area contributed by atoms with E-state index in [4.69, 9.17) is 4.74 Å². The molecule has 2 aliphatic heterocycles. The van der Waals surface area contributed by atoms with Crippen molar-refractivity contribution in [3.8, 4) is 0 Å². The lowest BCUT2D eigenvalue weighted by Gasteiger charge is -2.47. The van der Waals surface area contributed by atoms with Crippen LogP contribution >= 0.6 is 11.8 Å². The molecule has 2 aliphatic rings. The summed E-state index contributed by atoms with van der Waals surface area (Å²) in [5, 5.41) is 0. The smallest absolute Gasteiger partial charge is 0.254 e. The molecule has 0 saturated carbocycles. The zero-order valence-electron chi connectivity index (χ0n) is 10.3. The molecule has 3 heterocycles. The number of rotatable bonds is 2. The van der Waals surface area contributed by atoms with Gasteiger partial charge in [-0.05, 0) is 18.6 Å². The van der Waals surface area contributed by atoms with Crippen LogP contribution in [0.3, 0.4) is 0 Å². The normalized spacial score (nSPS) is 25.2. The quantitative estimate of drug-likeness (QED) is 0.810. The van der Waals surface area contributed by atoms with Gasteiger partial charge in [0.25, 0.3) is 5.91 Å². The SMILES string of the molecule is COC1CSC2(C1)CN(C(=O)c1ccncc1)C2. The van der Waals surface area contributed by atoms with E-state index in [0.717, 1.165) is 30.8 Å². The molecular formula is C13H16N2O2S. The summed E-state index contributed by atoms with van der Waals surface area (Å²) in [6.45, 7) is 1.69. The fourth-order valence-electron chi connectivity index (χ4n) is 2.64. The summed E-state index contributed by atoms with van der Waals surface area (Å²) in [6, 6.07) is 3.54. The highest BCUT2D eigenvalue weighted by molar-refractivity contribution is 8.01. The van der Waals surface area contributed by atoms with Crippen molar-refractivity contribution in [1.82, 2.24) is 9.88 Å². The van der Waals surface area contributed by atoms with Crippen LogP contribution in [0.15, 0.2) is 24.5 Å². The van der Waals surface area contributed by atoms with Crippen LogP contribution in [-0.2, 0) is 4.74 Å². The Morgan fingerprint density at radius 2 is 2.22 bits per heavy atom. The van der Waals surface area contributed by atoms with Crippen LogP contribution in [0.25, 0.3) is 0 Å². The Balaban J connectivity index is 1.61. The van der Waals surface area contributed by atoms with Crippen molar-refractivity contribution in [3.63, 3.8) is 0 Å². The second kappa shape index (κ2) is 4.55. The van der Waals surface area contributed by atoms with E-state index in [1.807, 2.05) is 16.7 Å². The van der Waals surface area contributed by atoms with Gasteiger partial charge in [0, 0.05) is 43.9 Å². The van der Waals surface area contributed by atoms with Crippen molar-refractivity contribution in [3.05, 3.63) is 30.1 Å². The number of hydrogen-bond acceptors (Lipinski definition) is 4. The van der Waals surface area contributed by atoms with Gasteiger partial charge < -0.3 is 9.64 Å². The molecule has 0 aromatic carbocycles. The number of amides is 1. The number of carbonyl (C=O) groups is 1. The van der Waals surface area contributed by atoms with Gasteiger partial charge in [0.05, 0.1) is 10.9 Å². The molecule has 18 heavy (non-hydrogen) atoms. The highest BCUT2D eigenvalue weighted by Crippen LogP contribution is 2.46. The fraction of sp³-hybridized carbons (Fsp3) is 0.538. The molecule has 1 aromatic heterocycles. The molecular weight excluding hydrogens is 248 g/mol. The maximum absolute atomic E-state index is 12.2. The van der Waals surface area contributed by atoms with Crippen LogP contribution in [0.4, 0.5) is 0 Å². The molecule has 1 atom stereocenters. The van der Waals surface area contributed by atoms with E-state index < -0.39 is 0 Å². The number of nitrogens with zero attached hydrogens (tertiary/aromatic N) is 2. The molecule has 1 spiro atoms. The number of methoxy groups -OCH3 is 1. The summed E-state index contributed by atoms with van der Waals surface area (Å²) < 4.78 is 5.64. The molecule has 0 radical (unpaired) electrons. The van der Waals surface area contributed by atoms with E-state index in [1.54, 1.807) is 31.6 Å². The van der Waals surface area contributed by atoms with Crippen molar-refractivity contribution in [1.29, 1.82) is 0 Å². The lowest BCUT2D eigenvalue weighted by Crippen LogP contribution is -2.60. The summed E-state index contributed by atoms with van der Waals surface area (Å²) in [5.74, 6) is 1.16. The molecule has 1 unspecified atom stereocenters. The second-order valence-electron chi connectivity index (χ2n) is 4.95. The molecule has 2 saturated heterocycles. The van der Waals surface area contributed by atoms with E-state index in [2.05, 4.69) is 4.98 Å². The highest BCUT2D eigenvalue weighted by Gasteiger charge is 2.50. The van der Waals surface area contributed by atoms with Crippen LogP contribution in [0.5, 0.6) is 0 Å². The Bertz CT molecular complexity index is 446. The first-order chi connectivity index (χ1) is 8.72. The third-order valence-electron chi connectivity index (χ3n) is 3.68. The lowest BCUT2D eigenvalue weighted by atomic mass is 9.92. The minimum Gasteiger partial charge on any atom is -0.381 e. The average molecular weight is 264 g/mol. The molecule has 1 aromatic rings. The molecule has 2 fully saturated rings. The van der Waals surface area contributed by atoms with E-state index in [0.29, 0.717) is 6.10 Å². The van der Waals surface area contributed by atoms with Gasteiger partial charge >= 0.3 is 0 Å². The number of carbonyl (C=O) groups excluding carboxylic acids is 1. The third-order valence-corrected chi connectivity index (χ3v) is 5.26. The van der Waals surface area contributed by atoms with Gasteiger partial charge in [-0.3, -0.25) is 9.78 Å². The van der Waals surface area contributed by atoms with Crippen molar-refractivity contribution < 1.29 is 9.53 Å². The van der Waals surface area contributed by atoms with Crippen LogP contribution < -0.4 is 0 Å². The molecule has 96 valence electrons. The van der Waals surface area contributed by atoms with E-state index in [1.165, 1.54) is 0 Å². The van der Waals surface area contributed by atoms with Gasteiger partial charge in [0.15, 0.2) is 0 Å². The number of pyridine rings is 1. The fourth-order valence-corrected chi connectivity index (χ4v) is 4.24. The van der Waals surface area contributed by atoms with Gasteiger partial charge in [-0.15, -0.1) is 11.8 Å². The van der Waals surface area contributed by atoms with Crippen molar-refractivity contribution >= 4 is 17.7 Å². The maximum atomic E-state index is 12.2. The van der Waals surface area contributed by atoms with Gasteiger partial charge in [-0.25, -0.2) is 0 Å². The van der Waals surface area contributed by atoms with E-state index in [9.17, 15) is 4.79 Å². The summed E-state index contributed by atoms with van der Waals surface area (Å²) in [6.07, 6.45) is 4.74. The number of thioether (sulfide) groups is 1. The van der Waals surface area contributed by atoms with Gasteiger partial charge in [0.2, 0.25) is 0 Å². The monoisotopic (exact) mass is 264 g/mol. The Morgan fingerprint density at radius 1 is 1.50 bits per heavy atom. The zero-order valence-corrected chi connectivity index (χ0v) is 11.2. The summed E-state index contributed by atoms with van der Waals surface area (Å²) in [4.78, 5) is 18.0. The van der Waals surface area contributed by atoms with Gasteiger partial charge in [-0.2, -0.15) is 0 Å². The maximum Gasteiger partial charge on any atom is 0.254 e. The topological polar surface area (TPSA) is 42.4 Å². The number of aromatic nitrogens is 1. The zero-order chi connectivity index (χ0) is 12.6. The van der Waals surface area contributed by atoms with Crippen LogP contribution in [0.2, 0.25) is 0 Å². The van der Waals surface area contributed by atoms with Crippen LogP contribution in [0.1, 0.15) is 16.8 Å². The molecule has 1 amide bonds. The summed E-state index contributed by atoms with van der Waals surface area (Å²) in [7, 11) is 1.77. The first kappa shape index (κ1) is 12.0. The molecule has 4 nitrogen and oxygen atoms in total. The standard InChI is InChI=1S/C13H16N2O2S/c1-17-11-6-13(18-7-11)8-15(9-13)12(16)10-2-4-14-5-3-10/h2-5,11H,6-9H2,1H3. The van der Waals surface area contributed by atoms with E-state index >= 15 is 0 Å². The Kier molecular flexibility index (Phi) is 3.03. The highest BCUT2D eigenvalue weighted by atomic mass is 32.2. The number of likely N-dealkylation sites (tertiary alicyclic amines) is 1. The van der Waals surface area contributed by atoms with Crippen molar-refractivity contribution in [2.45, 2.75) is 17.3 Å². The predicted octanol–water partition coefficient (Wildman–Crippen LogP) is 1.43. The molecule has 0 aliphatic carbocycles. The minimum absolute atomic E-state index is 0.115. The average Bonchev–Trinajstić information content (AvgIpc) is 2.82. The third kappa shape index (κ3) is 2.01. The molecule has 5 heteroatoms.